The van der Waals surface area contributed by atoms with E-state index in [1.54, 1.807) is 11.3 Å². The van der Waals surface area contributed by atoms with Crippen LogP contribution in [0.2, 0.25) is 0 Å². The lowest BCUT2D eigenvalue weighted by Gasteiger charge is -2.08. The molecule has 3 nitrogen and oxygen atoms in total. The van der Waals surface area contributed by atoms with Gasteiger partial charge in [0.2, 0.25) is 5.91 Å². The quantitative estimate of drug-likeness (QED) is 0.811. The van der Waals surface area contributed by atoms with Gasteiger partial charge < -0.3 is 11.1 Å². The maximum Gasteiger partial charge on any atom is 0.220 e. The van der Waals surface area contributed by atoms with Crippen molar-refractivity contribution < 1.29 is 4.79 Å². The minimum Gasteiger partial charge on any atom is -0.356 e. The lowest BCUT2D eigenvalue weighted by molar-refractivity contribution is -0.121. The highest BCUT2D eigenvalue weighted by molar-refractivity contribution is 9.11. The van der Waals surface area contributed by atoms with Crippen molar-refractivity contribution in [3.63, 3.8) is 0 Å². The molecule has 0 fully saturated rings. The molecule has 0 saturated heterocycles. The molecule has 1 rings (SSSR count). The zero-order chi connectivity index (χ0) is 12.7. The summed E-state index contributed by atoms with van der Waals surface area (Å²) in [4.78, 5) is 12.8. The topological polar surface area (TPSA) is 55.1 Å². The van der Waals surface area contributed by atoms with Crippen molar-refractivity contribution >= 4 is 33.2 Å². The molecule has 1 aromatic heterocycles. The number of hydrogen-bond acceptors (Lipinski definition) is 3. The molecule has 0 spiro atoms. The van der Waals surface area contributed by atoms with E-state index in [0.717, 1.165) is 16.6 Å². The number of carbonyl (C=O) groups is 1. The first-order valence-corrected chi connectivity index (χ1v) is 7.43. The van der Waals surface area contributed by atoms with Crippen LogP contribution in [-0.4, -0.2) is 19.0 Å². The van der Waals surface area contributed by atoms with Crippen LogP contribution in [0.5, 0.6) is 0 Å². The molecule has 96 valence electrons. The highest BCUT2D eigenvalue weighted by Crippen LogP contribution is 2.22. The molecule has 0 aromatic carbocycles. The van der Waals surface area contributed by atoms with Gasteiger partial charge in [-0.1, -0.05) is 6.92 Å². The first kappa shape index (κ1) is 14.7. The molecular formula is C12H19BrN2OS. The lowest BCUT2D eigenvalue weighted by Crippen LogP contribution is -2.26. The Bertz CT molecular complexity index is 354. The van der Waals surface area contributed by atoms with Crippen molar-refractivity contribution in [1.29, 1.82) is 0 Å². The zero-order valence-electron chi connectivity index (χ0n) is 10.0. The van der Waals surface area contributed by atoms with Gasteiger partial charge in [0.15, 0.2) is 0 Å². The van der Waals surface area contributed by atoms with Gasteiger partial charge in [-0.05, 0) is 53.4 Å². The second-order valence-electron chi connectivity index (χ2n) is 4.19. The van der Waals surface area contributed by atoms with Gasteiger partial charge in [0.05, 0.1) is 3.79 Å². The minimum absolute atomic E-state index is 0.126. The fourth-order valence-corrected chi connectivity index (χ4v) is 2.88. The van der Waals surface area contributed by atoms with Crippen LogP contribution in [0.15, 0.2) is 15.9 Å². The van der Waals surface area contributed by atoms with Gasteiger partial charge >= 0.3 is 0 Å². The molecule has 0 aliphatic heterocycles. The third-order valence-corrected chi connectivity index (χ3v) is 4.27. The monoisotopic (exact) mass is 318 g/mol. The third-order valence-electron chi connectivity index (χ3n) is 2.59. The summed E-state index contributed by atoms with van der Waals surface area (Å²) in [5, 5.41) is 2.93. The second kappa shape index (κ2) is 7.84. The van der Waals surface area contributed by atoms with Crippen LogP contribution >= 0.6 is 27.3 Å². The molecule has 1 heterocycles. The van der Waals surface area contributed by atoms with Crippen LogP contribution in [0.25, 0.3) is 0 Å². The largest absolute Gasteiger partial charge is 0.356 e. The summed E-state index contributed by atoms with van der Waals surface area (Å²) in [5.41, 5.74) is 5.50. The number of carbonyl (C=O) groups excluding carboxylic acids is 1. The number of hydrogen-bond donors (Lipinski definition) is 2. The van der Waals surface area contributed by atoms with Crippen LogP contribution in [0.3, 0.4) is 0 Å². The van der Waals surface area contributed by atoms with E-state index in [-0.39, 0.29) is 5.91 Å². The molecule has 17 heavy (non-hydrogen) atoms. The molecule has 1 amide bonds. The average molecular weight is 319 g/mol. The second-order valence-corrected chi connectivity index (χ2v) is 6.73. The van der Waals surface area contributed by atoms with Crippen LogP contribution in [0.1, 0.15) is 24.6 Å². The van der Waals surface area contributed by atoms with Gasteiger partial charge in [-0.3, -0.25) is 4.79 Å². The molecular weight excluding hydrogens is 300 g/mol. The predicted molar refractivity (Wildman–Crippen MR) is 76.2 cm³/mol. The summed E-state index contributed by atoms with van der Waals surface area (Å²) in [6, 6.07) is 4.11. The van der Waals surface area contributed by atoms with Crippen LogP contribution in [-0.2, 0) is 11.2 Å². The molecule has 0 saturated carbocycles. The number of thiophene rings is 1. The molecule has 1 unspecified atom stereocenters. The van der Waals surface area contributed by atoms with Crippen molar-refractivity contribution in [1.82, 2.24) is 5.32 Å². The fourth-order valence-electron chi connectivity index (χ4n) is 1.39. The van der Waals surface area contributed by atoms with Gasteiger partial charge in [0.1, 0.15) is 0 Å². The summed E-state index contributed by atoms with van der Waals surface area (Å²) >= 11 is 5.13. The normalized spacial score (nSPS) is 12.4. The van der Waals surface area contributed by atoms with Gasteiger partial charge in [-0.15, -0.1) is 11.3 Å². The Labute approximate surface area is 115 Å². The summed E-state index contributed by atoms with van der Waals surface area (Å²) in [5.74, 6) is 0.551. The van der Waals surface area contributed by atoms with E-state index in [9.17, 15) is 4.79 Å². The van der Waals surface area contributed by atoms with E-state index in [0.29, 0.717) is 25.4 Å². The van der Waals surface area contributed by atoms with E-state index < -0.39 is 0 Å². The van der Waals surface area contributed by atoms with Crippen LogP contribution in [0.4, 0.5) is 0 Å². The maximum absolute atomic E-state index is 11.5. The SMILES string of the molecule is CC(CN)CCC(=O)NCCc1ccc(Br)s1. The zero-order valence-corrected chi connectivity index (χ0v) is 12.4. The fraction of sp³-hybridized carbons (Fsp3) is 0.583. The average Bonchev–Trinajstić information content (AvgIpc) is 2.72. The summed E-state index contributed by atoms with van der Waals surface area (Å²) < 4.78 is 1.13. The standard InChI is InChI=1S/C12H19BrN2OS/c1-9(8-14)2-5-12(16)15-7-6-10-3-4-11(13)17-10/h3-4,9H,2,5-8,14H2,1H3,(H,15,16). The Hall–Kier alpha value is -0.390. The number of amides is 1. The Morgan fingerprint density at radius 1 is 1.59 bits per heavy atom. The Morgan fingerprint density at radius 2 is 2.35 bits per heavy atom. The predicted octanol–water partition coefficient (Wildman–Crippen LogP) is 2.54. The Morgan fingerprint density at radius 3 is 2.94 bits per heavy atom. The molecule has 1 aromatic rings. The maximum atomic E-state index is 11.5. The van der Waals surface area contributed by atoms with Gasteiger partial charge in [-0.2, -0.15) is 0 Å². The van der Waals surface area contributed by atoms with Crippen molar-refractivity contribution in [3.05, 3.63) is 20.8 Å². The molecule has 5 heteroatoms. The highest BCUT2D eigenvalue weighted by Gasteiger charge is 2.05. The molecule has 1 atom stereocenters. The molecule has 0 radical (unpaired) electrons. The van der Waals surface area contributed by atoms with E-state index in [4.69, 9.17) is 5.73 Å². The van der Waals surface area contributed by atoms with Crippen LogP contribution < -0.4 is 11.1 Å². The van der Waals surface area contributed by atoms with Crippen molar-refractivity contribution in [2.45, 2.75) is 26.2 Å². The Balaban J connectivity index is 2.12. The first-order valence-electron chi connectivity index (χ1n) is 5.82. The van der Waals surface area contributed by atoms with Gasteiger partial charge in [-0.25, -0.2) is 0 Å². The molecule has 0 bridgehead atoms. The smallest absolute Gasteiger partial charge is 0.220 e. The number of nitrogens with two attached hydrogens (primary N) is 1. The van der Waals surface area contributed by atoms with E-state index in [2.05, 4.69) is 34.2 Å². The van der Waals surface area contributed by atoms with Gasteiger partial charge in [0.25, 0.3) is 0 Å². The highest BCUT2D eigenvalue weighted by atomic mass is 79.9. The first-order chi connectivity index (χ1) is 8.11. The van der Waals surface area contributed by atoms with Gasteiger partial charge in [0, 0.05) is 17.8 Å². The summed E-state index contributed by atoms with van der Waals surface area (Å²) in [6.45, 7) is 3.43. The molecule has 0 aliphatic carbocycles. The third kappa shape index (κ3) is 6.19. The number of rotatable bonds is 7. The number of halogens is 1. The van der Waals surface area contributed by atoms with Crippen molar-refractivity contribution in [3.8, 4) is 0 Å². The van der Waals surface area contributed by atoms with E-state index in [1.807, 2.05) is 6.07 Å². The minimum atomic E-state index is 0.126. The van der Waals surface area contributed by atoms with Crippen LogP contribution in [0, 0.1) is 5.92 Å². The van der Waals surface area contributed by atoms with Crippen molar-refractivity contribution in [2.24, 2.45) is 11.7 Å². The lowest BCUT2D eigenvalue weighted by atomic mass is 10.1. The molecule has 0 aliphatic rings. The summed E-state index contributed by atoms with van der Waals surface area (Å²) in [6.07, 6.45) is 2.34. The Kier molecular flexibility index (Phi) is 6.77. The number of nitrogens with one attached hydrogen (secondary N) is 1. The van der Waals surface area contributed by atoms with E-state index >= 15 is 0 Å². The summed E-state index contributed by atoms with van der Waals surface area (Å²) in [7, 11) is 0. The van der Waals surface area contributed by atoms with E-state index in [1.165, 1.54) is 4.88 Å². The van der Waals surface area contributed by atoms with Crippen molar-refractivity contribution in [2.75, 3.05) is 13.1 Å². The molecule has 3 N–H and O–H groups in total.